The molecule has 0 unspecified atom stereocenters. The quantitative estimate of drug-likeness (QED) is 0.848. The van der Waals surface area contributed by atoms with Gasteiger partial charge in [-0.2, -0.15) is 0 Å². The number of nitrogens with zero attached hydrogens (tertiary/aromatic N) is 2. The molecule has 1 aliphatic rings. The van der Waals surface area contributed by atoms with E-state index >= 15 is 0 Å². The molecule has 2 rings (SSSR count). The predicted octanol–water partition coefficient (Wildman–Crippen LogP) is 1.93. The van der Waals surface area contributed by atoms with Crippen LogP contribution in [-0.2, 0) is 0 Å². The molecular weight excluding hydrogens is 205 g/mol. The summed E-state index contributed by atoms with van der Waals surface area (Å²) in [6, 6.07) is 3.49. The van der Waals surface area contributed by atoms with Gasteiger partial charge >= 0.3 is 0 Å². The van der Waals surface area contributed by atoms with Crippen LogP contribution in [-0.4, -0.2) is 24.1 Å². The van der Waals surface area contributed by atoms with Gasteiger partial charge in [0.2, 0.25) is 0 Å². The van der Waals surface area contributed by atoms with Crippen molar-refractivity contribution in [3.63, 3.8) is 0 Å². The Balaban J connectivity index is 2.21. The average Bonchev–Trinajstić information content (AvgIpc) is 2.80. The number of halogens is 1. The molecule has 1 fully saturated rings. The fourth-order valence-corrected chi connectivity index (χ4v) is 2.41. The topological polar surface area (TPSA) is 42.1 Å². The molecule has 0 aliphatic heterocycles. The molecule has 0 radical (unpaired) electrons. The van der Waals surface area contributed by atoms with Crippen molar-refractivity contribution in [2.24, 2.45) is 5.73 Å². The van der Waals surface area contributed by atoms with Gasteiger partial charge in [-0.3, -0.25) is 0 Å². The third-order valence-corrected chi connectivity index (χ3v) is 3.15. The number of aromatic nitrogens is 1. The highest BCUT2D eigenvalue weighted by Gasteiger charge is 2.24. The average molecular weight is 223 g/mol. The van der Waals surface area contributed by atoms with E-state index in [1.807, 2.05) is 4.90 Å². The van der Waals surface area contributed by atoms with Crippen molar-refractivity contribution in [2.45, 2.75) is 31.7 Å². The largest absolute Gasteiger partial charge is 0.350 e. The Hall–Kier alpha value is -1.16. The van der Waals surface area contributed by atoms with E-state index in [9.17, 15) is 4.39 Å². The first-order valence-corrected chi connectivity index (χ1v) is 5.90. The summed E-state index contributed by atoms with van der Waals surface area (Å²) in [5, 5.41) is 0. The standard InChI is InChI=1S/C12H18FN3/c13-11-6-3-8-15-12(11)16(9-7-14)10-4-1-2-5-10/h3,6,8,10H,1-2,4-5,7,9,14H2. The van der Waals surface area contributed by atoms with Crippen molar-refractivity contribution in [1.29, 1.82) is 0 Å². The van der Waals surface area contributed by atoms with Crippen LogP contribution in [0.15, 0.2) is 18.3 Å². The van der Waals surface area contributed by atoms with Gasteiger partial charge in [-0.1, -0.05) is 12.8 Å². The molecule has 0 aromatic carbocycles. The summed E-state index contributed by atoms with van der Waals surface area (Å²) in [5.74, 6) is 0.211. The molecular formula is C12H18FN3. The predicted molar refractivity (Wildman–Crippen MR) is 62.9 cm³/mol. The van der Waals surface area contributed by atoms with Crippen LogP contribution in [0.2, 0.25) is 0 Å². The highest BCUT2D eigenvalue weighted by Crippen LogP contribution is 2.27. The van der Waals surface area contributed by atoms with E-state index in [1.165, 1.54) is 18.9 Å². The van der Waals surface area contributed by atoms with Gasteiger partial charge in [0.05, 0.1) is 0 Å². The van der Waals surface area contributed by atoms with E-state index in [0.29, 0.717) is 24.9 Å². The molecule has 1 aromatic rings. The lowest BCUT2D eigenvalue weighted by Gasteiger charge is -2.29. The van der Waals surface area contributed by atoms with E-state index in [-0.39, 0.29) is 5.82 Å². The Morgan fingerprint density at radius 3 is 2.81 bits per heavy atom. The molecule has 1 aromatic heterocycles. The molecule has 16 heavy (non-hydrogen) atoms. The summed E-state index contributed by atoms with van der Waals surface area (Å²) < 4.78 is 13.7. The SMILES string of the molecule is NCCN(c1ncccc1F)C1CCCC1. The molecule has 1 saturated carbocycles. The number of hydrogen-bond donors (Lipinski definition) is 1. The zero-order valence-electron chi connectivity index (χ0n) is 9.40. The molecule has 0 saturated heterocycles. The first kappa shape index (κ1) is 11.3. The van der Waals surface area contributed by atoms with Crippen LogP contribution in [0.4, 0.5) is 10.2 Å². The molecule has 1 aliphatic carbocycles. The smallest absolute Gasteiger partial charge is 0.165 e. The molecule has 88 valence electrons. The van der Waals surface area contributed by atoms with Crippen LogP contribution >= 0.6 is 0 Å². The van der Waals surface area contributed by atoms with E-state index in [1.54, 1.807) is 12.3 Å². The van der Waals surface area contributed by atoms with Gasteiger partial charge in [0.15, 0.2) is 11.6 Å². The highest BCUT2D eigenvalue weighted by atomic mass is 19.1. The maximum Gasteiger partial charge on any atom is 0.165 e. The number of pyridine rings is 1. The van der Waals surface area contributed by atoms with E-state index in [2.05, 4.69) is 4.98 Å². The Kier molecular flexibility index (Phi) is 3.72. The van der Waals surface area contributed by atoms with Gasteiger partial charge in [0, 0.05) is 25.3 Å². The molecule has 1 heterocycles. The van der Waals surface area contributed by atoms with Gasteiger partial charge in [0.25, 0.3) is 0 Å². The van der Waals surface area contributed by atoms with Crippen LogP contribution in [0.1, 0.15) is 25.7 Å². The van der Waals surface area contributed by atoms with Gasteiger partial charge in [-0.05, 0) is 25.0 Å². The second kappa shape index (κ2) is 5.25. The number of hydrogen-bond acceptors (Lipinski definition) is 3. The van der Waals surface area contributed by atoms with Crippen molar-refractivity contribution in [1.82, 2.24) is 4.98 Å². The molecule has 0 bridgehead atoms. The second-order valence-corrected chi connectivity index (χ2v) is 4.23. The lowest BCUT2D eigenvalue weighted by atomic mass is 10.2. The van der Waals surface area contributed by atoms with Crippen LogP contribution in [0.25, 0.3) is 0 Å². The summed E-state index contributed by atoms with van der Waals surface area (Å²) in [5.41, 5.74) is 5.59. The molecule has 0 spiro atoms. The maximum atomic E-state index is 13.7. The number of nitrogens with two attached hydrogens (primary N) is 1. The minimum atomic E-state index is -0.247. The van der Waals surface area contributed by atoms with Gasteiger partial charge < -0.3 is 10.6 Å². The van der Waals surface area contributed by atoms with Gasteiger partial charge in [-0.25, -0.2) is 9.37 Å². The fourth-order valence-electron chi connectivity index (χ4n) is 2.41. The fraction of sp³-hybridized carbons (Fsp3) is 0.583. The minimum absolute atomic E-state index is 0.247. The maximum absolute atomic E-state index is 13.7. The van der Waals surface area contributed by atoms with Gasteiger partial charge in [0.1, 0.15) is 0 Å². The lowest BCUT2D eigenvalue weighted by molar-refractivity contribution is 0.562. The molecule has 0 atom stereocenters. The molecule has 4 heteroatoms. The molecule has 0 amide bonds. The van der Waals surface area contributed by atoms with E-state index in [0.717, 1.165) is 12.8 Å². The Morgan fingerprint density at radius 2 is 2.19 bits per heavy atom. The van der Waals surface area contributed by atoms with Crippen LogP contribution in [0.5, 0.6) is 0 Å². The number of anilines is 1. The minimum Gasteiger partial charge on any atom is -0.350 e. The van der Waals surface area contributed by atoms with Crippen LogP contribution in [0, 0.1) is 5.82 Å². The van der Waals surface area contributed by atoms with Crippen molar-refractivity contribution in [3.8, 4) is 0 Å². The third kappa shape index (κ3) is 2.32. The highest BCUT2D eigenvalue weighted by molar-refractivity contribution is 5.41. The molecule has 3 nitrogen and oxygen atoms in total. The van der Waals surface area contributed by atoms with Crippen molar-refractivity contribution in [2.75, 3.05) is 18.0 Å². The first-order chi connectivity index (χ1) is 7.83. The van der Waals surface area contributed by atoms with Crippen LogP contribution < -0.4 is 10.6 Å². The first-order valence-electron chi connectivity index (χ1n) is 5.90. The lowest BCUT2D eigenvalue weighted by Crippen LogP contribution is -2.38. The van der Waals surface area contributed by atoms with Gasteiger partial charge in [-0.15, -0.1) is 0 Å². The summed E-state index contributed by atoms with van der Waals surface area (Å²) >= 11 is 0. The number of rotatable bonds is 4. The normalized spacial score (nSPS) is 16.6. The zero-order chi connectivity index (χ0) is 11.4. The Labute approximate surface area is 95.5 Å². The summed E-state index contributed by atoms with van der Waals surface area (Å²) in [6.07, 6.45) is 6.32. The summed E-state index contributed by atoms with van der Waals surface area (Å²) in [4.78, 5) is 6.17. The van der Waals surface area contributed by atoms with Crippen molar-refractivity contribution in [3.05, 3.63) is 24.1 Å². The molecule has 2 N–H and O–H groups in total. The Bertz CT molecular complexity index is 337. The van der Waals surface area contributed by atoms with Crippen molar-refractivity contribution >= 4 is 5.82 Å². The Morgan fingerprint density at radius 1 is 1.44 bits per heavy atom. The van der Waals surface area contributed by atoms with E-state index < -0.39 is 0 Å². The van der Waals surface area contributed by atoms with Crippen molar-refractivity contribution < 1.29 is 4.39 Å². The summed E-state index contributed by atoms with van der Waals surface area (Å²) in [6.45, 7) is 1.21. The summed E-state index contributed by atoms with van der Waals surface area (Å²) in [7, 11) is 0. The van der Waals surface area contributed by atoms with Crippen LogP contribution in [0.3, 0.4) is 0 Å². The zero-order valence-corrected chi connectivity index (χ0v) is 9.40. The third-order valence-electron chi connectivity index (χ3n) is 3.15. The monoisotopic (exact) mass is 223 g/mol. The van der Waals surface area contributed by atoms with E-state index in [4.69, 9.17) is 5.73 Å². The second-order valence-electron chi connectivity index (χ2n) is 4.23.